The second kappa shape index (κ2) is 11.1. The van der Waals surface area contributed by atoms with E-state index < -0.39 is 0 Å². The highest BCUT2D eigenvalue weighted by atomic mass is 32.1. The van der Waals surface area contributed by atoms with Crippen molar-refractivity contribution >= 4 is 41.8 Å². The third-order valence-electron chi connectivity index (χ3n) is 6.03. The predicted molar refractivity (Wildman–Crippen MR) is 144 cm³/mol. The molecular weight excluding hydrogens is 448 g/mol. The van der Waals surface area contributed by atoms with Crippen molar-refractivity contribution < 1.29 is 0 Å². The van der Waals surface area contributed by atoms with Crippen molar-refractivity contribution in [3.05, 3.63) is 58.1 Å². The van der Waals surface area contributed by atoms with Gasteiger partial charge in [0.15, 0.2) is 0 Å². The standard InChI is InChI=1S/C25H32N6S2/c1-3-7-19(32)15-27-25-28-16(2)22(24-30-20-8-5-4-6-9-21(20)33-24)23(31-25)29-18-11-10-17(14-18)12-13-26/h3-7,9,17-18,32H,1,8,10-15,26H2,2H3,(H2,27,28,29,31)/b19-7-. The Morgan fingerprint density at radius 1 is 1.30 bits per heavy atom. The summed E-state index contributed by atoms with van der Waals surface area (Å²) in [6, 6.07) is 0.379. The molecule has 0 spiro atoms. The molecule has 174 valence electrons. The molecule has 2 atom stereocenters. The number of hydrogen-bond acceptors (Lipinski definition) is 8. The third-order valence-corrected chi connectivity index (χ3v) is 7.42. The van der Waals surface area contributed by atoms with Crippen molar-refractivity contribution in [3.8, 4) is 10.6 Å². The molecule has 1 fully saturated rings. The summed E-state index contributed by atoms with van der Waals surface area (Å²) in [4.78, 5) is 16.7. The second-order valence-corrected chi connectivity index (χ2v) is 10.1. The summed E-state index contributed by atoms with van der Waals surface area (Å²) in [6.07, 6.45) is 17.4. The van der Waals surface area contributed by atoms with Crippen molar-refractivity contribution in [1.82, 2.24) is 15.0 Å². The van der Waals surface area contributed by atoms with Crippen LogP contribution in [0.3, 0.4) is 0 Å². The quantitative estimate of drug-likeness (QED) is 0.285. The molecule has 8 heteroatoms. The topological polar surface area (TPSA) is 88.8 Å². The summed E-state index contributed by atoms with van der Waals surface area (Å²) in [5, 5.41) is 7.99. The molecule has 2 aromatic rings. The third kappa shape index (κ3) is 5.93. The van der Waals surface area contributed by atoms with E-state index >= 15 is 0 Å². The van der Waals surface area contributed by atoms with Crippen molar-refractivity contribution in [2.45, 2.75) is 45.1 Å². The lowest BCUT2D eigenvalue weighted by molar-refractivity contribution is 0.506. The number of fused-ring (bicyclic) bond motifs is 1. The highest BCUT2D eigenvalue weighted by Gasteiger charge is 2.27. The Morgan fingerprint density at radius 3 is 3.00 bits per heavy atom. The Labute approximate surface area is 205 Å². The van der Waals surface area contributed by atoms with Gasteiger partial charge in [0.05, 0.1) is 21.8 Å². The van der Waals surface area contributed by atoms with Gasteiger partial charge >= 0.3 is 0 Å². The number of thiol groups is 1. The van der Waals surface area contributed by atoms with Gasteiger partial charge in [0.1, 0.15) is 10.8 Å². The number of aromatic nitrogens is 3. The van der Waals surface area contributed by atoms with Gasteiger partial charge in [-0.25, -0.2) is 9.97 Å². The van der Waals surface area contributed by atoms with Crippen LogP contribution in [0.5, 0.6) is 0 Å². The first-order valence-corrected chi connectivity index (χ1v) is 12.8. The largest absolute Gasteiger partial charge is 0.367 e. The van der Waals surface area contributed by atoms with Gasteiger partial charge in [0, 0.05) is 23.9 Å². The average molecular weight is 481 g/mol. The number of nitrogens with zero attached hydrogens (tertiary/aromatic N) is 3. The fourth-order valence-electron chi connectivity index (χ4n) is 4.42. The molecule has 2 aromatic heterocycles. The SMILES string of the molecule is C=C/C=C(\S)CNc1nc(C)c(-c2nc3c(s2)C=CC=CC3)c(NC2CCC(CCN)C2)n1. The molecule has 0 bridgehead atoms. The monoisotopic (exact) mass is 480 g/mol. The average Bonchev–Trinajstić information content (AvgIpc) is 3.33. The smallest absolute Gasteiger partial charge is 0.225 e. The van der Waals surface area contributed by atoms with E-state index in [1.807, 2.05) is 13.0 Å². The molecule has 2 unspecified atom stereocenters. The van der Waals surface area contributed by atoms with Crippen LogP contribution >= 0.6 is 24.0 Å². The van der Waals surface area contributed by atoms with E-state index in [1.165, 1.54) is 11.3 Å². The summed E-state index contributed by atoms with van der Waals surface area (Å²) >= 11 is 6.17. The Kier molecular flexibility index (Phi) is 8.01. The zero-order valence-corrected chi connectivity index (χ0v) is 20.8. The zero-order chi connectivity index (χ0) is 23.2. The van der Waals surface area contributed by atoms with Gasteiger partial charge in [0.25, 0.3) is 0 Å². The lowest BCUT2D eigenvalue weighted by Gasteiger charge is -2.18. The van der Waals surface area contributed by atoms with Gasteiger partial charge in [-0.05, 0) is 51.1 Å². The molecule has 0 saturated heterocycles. The Morgan fingerprint density at radius 2 is 2.18 bits per heavy atom. The van der Waals surface area contributed by atoms with Gasteiger partial charge in [-0.2, -0.15) is 4.98 Å². The second-order valence-electron chi connectivity index (χ2n) is 8.52. The van der Waals surface area contributed by atoms with Gasteiger partial charge < -0.3 is 16.4 Å². The Bertz CT molecular complexity index is 1080. The molecule has 0 aliphatic heterocycles. The normalized spacial score (nSPS) is 19.9. The lowest BCUT2D eigenvalue weighted by Crippen LogP contribution is -2.19. The summed E-state index contributed by atoms with van der Waals surface area (Å²) in [5.41, 5.74) is 8.80. The minimum atomic E-state index is 0.379. The van der Waals surface area contributed by atoms with E-state index in [0.29, 0.717) is 24.5 Å². The first-order valence-electron chi connectivity index (χ1n) is 11.5. The fourth-order valence-corrected chi connectivity index (χ4v) is 5.71. The highest BCUT2D eigenvalue weighted by molar-refractivity contribution is 7.84. The number of thiazole rings is 1. The van der Waals surface area contributed by atoms with Crippen LogP contribution in [0.25, 0.3) is 16.6 Å². The van der Waals surface area contributed by atoms with Crippen molar-refractivity contribution in [2.75, 3.05) is 23.7 Å². The molecule has 2 aliphatic carbocycles. The number of nitrogens with one attached hydrogen (secondary N) is 2. The van der Waals surface area contributed by atoms with Crippen LogP contribution in [0.15, 0.2) is 41.9 Å². The van der Waals surface area contributed by atoms with E-state index in [-0.39, 0.29) is 0 Å². The molecule has 0 aromatic carbocycles. The first-order chi connectivity index (χ1) is 16.1. The number of nitrogens with two attached hydrogens (primary N) is 1. The molecule has 4 rings (SSSR count). The van der Waals surface area contributed by atoms with E-state index in [2.05, 4.69) is 54.1 Å². The number of aryl methyl sites for hydroxylation is 1. The maximum atomic E-state index is 5.80. The van der Waals surface area contributed by atoms with E-state index in [1.54, 1.807) is 17.4 Å². The molecule has 0 amide bonds. The van der Waals surface area contributed by atoms with Gasteiger partial charge in [0.2, 0.25) is 5.95 Å². The number of allylic oxidation sites excluding steroid dienone is 5. The minimum absolute atomic E-state index is 0.379. The number of anilines is 2. The van der Waals surface area contributed by atoms with E-state index in [9.17, 15) is 0 Å². The predicted octanol–water partition coefficient (Wildman–Crippen LogP) is 5.38. The van der Waals surface area contributed by atoms with Crippen LogP contribution in [0.4, 0.5) is 11.8 Å². The van der Waals surface area contributed by atoms with Gasteiger partial charge in [-0.3, -0.25) is 0 Å². The van der Waals surface area contributed by atoms with E-state index in [0.717, 1.165) is 64.9 Å². The highest BCUT2D eigenvalue weighted by Crippen LogP contribution is 2.38. The van der Waals surface area contributed by atoms with Crippen molar-refractivity contribution in [3.63, 3.8) is 0 Å². The summed E-state index contributed by atoms with van der Waals surface area (Å²) < 4.78 is 0. The first kappa shape index (κ1) is 23.7. The van der Waals surface area contributed by atoms with Gasteiger partial charge in [-0.15, -0.1) is 24.0 Å². The summed E-state index contributed by atoms with van der Waals surface area (Å²) in [6.45, 7) is 7.04. The van der Waals surface area contributed by atoms with E-state index in [4.69, 9.17) is 20.7 Å². The molecule has 33 heavy (non-hydrogen) atoms. The van der Waals surface area contributed by atoms with Crippen LogP contribution in [-0.2, 0) is 6.42 Å². The summed E-state index contributed by atoms with van der Waals surface area (Å²) in [5.74, 6) is 2.11. The molecule has 2 heterocycles. The number of hydrogen-bond donors (Lipinski definition) is 4. The van der Waals surface area contributed by atoms with Crippen LogP contribution in [0, 0.1) is 12.8 Å². The molecule has 6 nitrogen and oxygen atoms in total. The van der Waals surface area contributed by atoms with Crippen LogP contribution in [0.1, 0.15) is 41.9 Å². The molecule has 2 aliphatic rings. The molecule has 0 radical (unpaired) electrons. The van der Waals surface area contributed by atoms with Crippen LogP contribution in [-0.4, -0.2) is 34.1 Å². The van der Waals surface area contributed by atoms with Crippen molar-refractivity contribution in [1.29, 1.82) is 0 Å². The maximum Gasteiger partial charge on any atom is 0.225 e. The van der Waals surface area contributed by atoms with Crippen LogP contribution < -0.4 is 16.4 Å². The Balaban J connectivity index is 1.66. The Hall–Kier alpha value is -2.42. The minimum Gasteiger partial charge on any atom is -0.367 e. The number of rotatable bonds is 9. The molecular formula is C25H32N6S2. The zero-order valence-electron chi connectivity index (χ0n) is 19.1. The maximum absolute atomic E-state index is 5.80. The van der Waals surface area contributed by atoms with Crippen molar-refractivity contribution in [2.24, 2.45) is 11.7 Å². The van der Waals surface area contributed by atoms with Crippen LogP contribution in [0.2, 0.25) is 0 Å². The lowest BCUT2D eigenvalue weighted by atomic mass is 10.0. The van der Waals surface area contributed by atoms with Gasteiger partial charge in [-0.1, -0.05) is 37.0 Å². The fraction of sp³-hybridized carbons (Fsp3) is 0.400. The molecule has 1 saturated carbocycles. The molecule has 4 N–H and O–H groups in total. The summed E-state index contributed by atoms with van der Waals surface area (Å²) in [7, 11) is 0.